The second kappa shape index (κ2) is 5.76. The first-order chi connectivity index (χ1) is 9.70. The van der Waals surface area contributed by atoms with Crippen molar-refractivity contribution in [1.29, 1.82) is 0 Å². The van der Waals surface area contributed by atoms with E-state index in [0.29, 0.717) is 17.4 Å². The van der Waals surface area contributed by atoms with Gasteiger partial charge in [-0.1, -0.05) is 0 Å². The van der Waals surface area contributed by atoms with E-state index < -0.39 is 21.7 Å². The molecule has 0 spiro atoms. The number of carboxylic acids is 1. The molecule has 0 aliphatic carbocycles. The normalized spacial score (nSPS) is 18.8. The number of carbonyl (C=O) groups is 2. The number of likely N-dealkylation sites (tertiary alicyclic amines) is 1. The van der Waals surface area contributed by atoms with Crippen molar-refractivity contribution >= 4 is 37.6 Å². The third-order valence-corrected chi connectivity index (χ3v) is 5.22. The number of amides is 1. The summed E-state index contributed by atoms with van der Waals surface area (Å²) in [5, 5.41) is 8.96. The van der Waals surface area contributed by atoms with Gasteiger partial charge in [-0.3, -0.25) is 9.59 Å². The molecule has 1 fully saturated rings. The molecule has 1 aromatic carbocycles. The summed E-state index contributed by atoms with van der Waals surface area (Å²) in [5.41, 5.74) is 0.226. The zero-order chi connectivity index (χ0) is 15.8. The molecular weight excluding hydrogens is 362 g/mol. The minimum atomic E-state index is -3.41. The molecule has 114 valence electrons. The van der Waals surface area contributed by atoms with Gasteiger partial charge in [-0.05, 0) is 40.5 Å². The Labute approximate surface area is 130 Å². The minimum Gasteiger partial charge on any atom is -0.481 e. The molecule has 2 rings (SSSR count). The van der Waals surface area contributed by atoms with E-state index >= 15 is 0 Å². The number of hydrogen-bond acceptors (Lipinski definition) is 4. The zero-order valence-electron chi connectivity index (χ0n) is 11.2. The molecule has 6 nitrogen and oxygen atoms in total. The molecule has 1 heterocycles. The van der Waals surface area contributed by atoms with Crippen molar-refractivity contribution in [2.45, 2.75) is 11.3 Å². The van der Waals surface area contributed by atoms with Gasteiger partial charge in [0.15, 0.2) is 9.84 Å². The smallest absolute Gasteiger partial charge is 0.308 e. The lowest BCUT2D eigenvalue weighted by atomic mass is 10.1. The number of rotatable bonds is 3. The second-order valence-electron chi connectivity index (χ2n) is 4.99. The Balaban J connectivity index is 2.30. The summed E-state index contributed by atoms with van der Waals surface area (Å²) < 4.78 is 23.6. The topological polar surface area (TPSA) is 91.8 Å². The molecule has 1 aliphatic heterocycles. The standard InChI is InChI=1S/C13H14BrNO5S/c1-21(19,20)9-2-3-11(14)10(6-9)12(16)15-5-4-8(7-15)13(17)18/h2-3,6,8H,4-5,7H2,1H3,(H,17,18)/t8-/m1/s1. The average molecular weight is 376 g/mol. The third kappa shape index (κ3) is 3.44. The molecule has 21 heavy (non-hydrogen) atoms. The Morgan fingerprint density at radius 1 is 1.38 bits per heavy atom. The number of halogens is 1. The molecule has 0 aromatic heterocycles. The first kappa shape index (κ1) is 16.0. The van der Waals surface area contributed by atoms with Crippen molar-refractivity contribution in [3.63, 3.8) is 0 Å². The molecule has 1 aliphatic rings. The van der Waals surface area contributed by atoms with Crippen LogP contribution < -0.4 is 0 Å². The van der Waals surface area contributed by atoms with Gasteiger partial charge in [0.1, 0.15) is 0 Å². The van der Waals surface area contributed by atoms with Crippen LogP contribution >= 0.6 is 15.9 Å². The Morgan fingerprint density at radius 2 is 2.05 bits per heavy atom. The number of sulfone groups is 1. The molecule has 1 amide bonds. The summed E-state index contributed by atoms with van der Waals surface area (Å²) >= 11 is 3.23. The molecule has 8 heteroatoms. The van der Waals surface area contributed by atoms with Crippen LogP contribution in [-0.4, -0.2) is 49.6 Å². The highest BCUT2D eigenvalue weighted by Crippen LogP contribution is 2.25. The number of benzene rings is 1. The van der Waals surface area contributed by atoms with Gasteiger partial charge >= 0.3 is 5.97 Å². The van der Waals surface area contributed by atoms with E-state index in [0.717, 1.165) is 6.26 Å². The SMILES string of the molecule is CS(=O)(=O)c1ccc(Br)c(C(=O)N2CC[C@@H](C(=O)O)C2)c1. The lowest BCUT2D eigenvalue weighted by Crippen LogP contribution is -2.30. The monoisotopic (exact) mass is 375 g/mol. The summed E-state index contributed by atoms with van der Waals surface area (Å²) in [4.78, 5) is 24.8. The Bertz CT molecular complexity index is 701. The van der Waals surface area contributed by atoms with Crippen LogP contribution in [0.1, 0.15) is 16.8 Å². The van der Waals surface area contributed by atoms with Crippen molar-refractivity contribution < 1.29 is 23.1 Å². The van der Waals surface area contributed by atoms with E-state index in [-0.39, 0.29) is 22.9 Å². The maximum Gasteiger partial charge on any atom is 0.308 e. The van der Waals surface area contributed by atoms with Crippen LogP contribution in [0.15, 0.2) is 27.6 Å². The Kier molecular flexibility index (Phi) is 4.38. The molecule has 1 aromatic rings. The van der Waals surface area contributed by atoms with E-state index in [4.69, 9.17) is 5.11 Å². The zero-order valence-corrected chi connectivity index (χ0v) is 13.6. The van der Waals surface area contributed by atoms with E-state index in [1.54, 1.807) is 0 Å². The van der Waals surface area contributed by atoms with Crippen LogP contribution in [0, 0.1) is 5.92 Å². The van der Waals surface area contributed by atoms with Gasteiger partial charge in [-0.25, -0.2) is 8.42 Å². The first-order valence-electron chi connectivity index (χ1n) is 6.22. The van der Waals surface area contributed by atoms with Crippen molar-refractivity contribution in [2.75, 3.05) is 19.3 Å². The number of carbonyl (C=O) groups excluding carboxylic acids is 1. The molecule has 1 atom stereocenters. The lowest BCUT2D eigenvalue weighted by molar-refractivity contribution is -0.141. The number of carboxylic acid groups (broad SMARTS) is 1. The lowest BCUT2D eigenvalue weighted by Gasteiger charge is -2.17. The fraction of sp³-hybridized carbons (Fsp3) is 0.385. The van der Waals surface area contributed by atoms with Gasteiger partial charge in [0.05, 0.1) is 16.4 Å². The predicted molar refractivity (Wildman–Crippen MR) is 78.9 cm³/mol. The van der Waals surface area contributed by atoms with Crippen molar-refractivity contribution in [3.8, 4) is 0 Å². The van der Waals surface area contributed by atoms with Crippen LogP contribution in [0.25, 0.3) is 0 Å². The summed E-state index contributed by atoms with van der Waals surface area (Å²) in [5.74, 6) is -1.85. The first-order valence-corrected chi connectivity index (χ1v) is 8.90. The van der Waals surface area contributed by atoms with Gasteiger partial charge in [-0.15, -0.1) is 0 Å². The average Bonchev–Trinajstić information content (AvgIpc) is 2.86. The number of nitrogens with zero attached hydrogens (tertiary/aromatic N) is 1. The summed E-state index contributed by atoms with van der Waals surface area (Å²) in [6.45, 7) is 0.495. The van der Waals surface area contributed by atoms with Crippen LogP contribution in [0.2, 0.25) is 0 Å². The maximum absolute atomic E-state index is 12.4. The minimum absolute atomic E-state index is 0.0584. The van der Waals surface area contributed by atoms with Crippen molar-refractivity contribution in [1.82, 2.24) is 4.90 Å². The van der Waals surface area contributed by atoms with E-state index in [1.165, 1.54) is 23.1 Å². The van der Waals surface area contributed by atoms with Crippen molar-refractivity contribution in [2.24, 2.45) is 5.92 Å². The highest BCUT2D eigenvalue weighted by molar-refractivity contribution is 9.10. The molecule has 0 bridgehead atoms. The number of aliphatic carboxylic acids is 1. The second-order valence-corrected chi connectivity index (χ2v) is 7.86. The van der Waals surface area contributed by atoms with Crippen LogP contribution in [0.4, 0.5) is 0 Å². The van der Waals surface area contributed by atoms with Crippen LogP contribution in [0.3, 0.4) is 0 Å². The largest absolute Gasteiger partial charge is 0.481 e. The van der Waals surface area contributed by atoms with Gasteiger partial charge in [0.2, 0.25) is 0 Å². The number of hydrogen-bond donors (Lipinski definition) is 1. The third-order valence-electron chi connectivity index (χ3n) is 3.42. The molecule has 0 saturated carbocycles. The van der Waals surface area contributed by atoms with E-state index in [1.807, 2.05) is 0 Å². The summed E-state index contributed by atoms with van der Waals surface area (Å²) in [6, 6.07) is 4.24. The van der Waals surface area contributed by atoms with Crippen LogP contribution in [0.5, 0.6) is 0 Å². The van der Waals surface area contributed by atoms with Gasteiger partial charge in [0, 0.05) is 23.8 Å². The molecule has 0 unspecified atom stereocenters. The summed E-state index contributed by atoms with van der Waals surface area (Å²) in [6.07, 6.45) is 1.48. The van der Waals surface area contributed by atoms with Gasteiger partial charge < -0.3 is 10.0 Å². The summed E-state index contributed by atoms with van der Waals surface area (Å²) in [7, 11) is -3.41. The maximum atomic E-state index is 12.4. The quantitative estimate of drug-likeness (QED) is 0.861. The predicted octanol–water partition coefficient (Wildman–Crippen LogP) is 1.40. The fourth-order valence-electron chi connectivity index (χ4n) is 2.22. The van der Waals surface area contributed by atoms with Gasteiger partial charge in [0.25, 0.3) is 5.91 Å². The van der Waals surface area contributed by atoms with E-state index in [2.05, 4.69) is 15.9 Å². The molecule has 1 saturated heterocycles. The van der Waals surface area contributed by atoms with Gasteiger partial charge in [-0.2, -0.15) is 0 Å². The highest BCUT2D eigenvalue weighted by atomic mass is 79.9. The van der Waals surface area contributed by atoms with Crippen molar-refractivity contribution in [3.05, 3.63) is 28.2 Å². The molecule has 1 N–H and O–H groups in total. The molecular formula is C13H14BrNO5S. The fourth-order valence-corrected chi connectivity index (χ4v) is 3.28. The molecule has 0 radical (unpaired) electrons. The van der Waals surface area contributed by atoms with E-state index in [9.17, 15) is 18.0 Å². The Morgan fingerprint density at radius 3 is 2.57 bits per heavy atom. The van der Waals surface area contributed by atoms with Crippen LogP contribution in [-0.2, 0) is 14.6 Å². The highest BCUT2D eigenvalue weighted by Gasteiger charge is 2.32. The Hall–Kier alpha value is -1.41.